The molecule has 0 spiro atoms. The minimum absolute atomic E-state index is 0.106. The summed E-state index contributed by atoms with van der Waals surface area (Å²) in [6.45, 7) is 4.36. The molecule has 1 amide bonds. The number of carbonyl (C=O) groups excluding carboxylic acids is 1. The molecule has 0 fully saturated rings. The summed E-state index contributed by atoms with van der Waals surface area (Å²) in [7, 11) is 0. The predicted molar refractivity (Wildman–Crippen MR) is 104 cm³/mol. The first-order valence-corrected chi connectivity index (χ1v) is 9.55. The van der Waals surface area contributed by atoms with Gasteiger partial charge in [-0.05, 0) is 42.2 Å². The van der Waals surface area contributed by atoms with Crippen LogP contribution in [-0.2, 0) is 4.79 Å². The second-order valence-corrected chi connectivity index (χ2v) is 6.93. The van der Waals surface area contributed by atoms with Gasteiger partial charge in [-0.15, -0.1) is 10.2 Å². The number of anilines is 1. The highest BCUT2D eigenvalue weighted by Crippen LogP contribution is 2.23. The molecule has 134 valence electrons. The van der Waals surface area contributed by atoms with E-state index < -0.39 is 0 Å². The van der Waals surface area contributed by atoms with Gasteiger partial charge in [-0.2, -0.15) is 0 Å². The number of nitrogens with zero attached hydrogens (tertiary/aromatic N) is 2. The van der Waals surface area contributed by atoms with Gasteiger partial charge in [0.15, 0.2) is 0 Å². The maximum absolute atomic E-state index is 12.1. The van der Waals surface area contributed by atoms with Crippen LogP contribution in [-0.4, -0.2) is 21.9 Å². The Hall–Kier alpha value is -2.60. The van der Waals surface area contributed by atoms with E-state index in [1.165, 1.54) is 17.3 Å². The zero-order chi connectivity index (χ0) is 18.4. The monoisotopic (exact) mass is 367 g/mol. The van der Waals surface area contributed by atoms with Crippen molar-refractivity contribution in [2.24, 2.45) is 0 Å². The Morgan fingerprint density at radius 1 is 1.12 bits per heavy atom. The van der Waals surface area contributed by atoms with Crippen molar-refractivity contribution in [3.05, 3.63) is 60.2 Å². The van der Waals surface area contributed by atoms with Gasteiger partial charge < -0.3 is 9.73 Å². The first-order valence-electron chi connectivity index (χ1n) is 8.57. The van der Waals surface area contributed by atoms with Gasteiger partial charge in [-0.25, -0.2) is 0 Å². The summed E-state index contributed by atoms with van der Waals surface area (Å²) in [5, 5.41) is 11.3. The Morgan fingerprint density at radius 2 is 1.85 bits per heavy atom. The van der Waals surface area contributed by atoms with Crippen molar-refractivity contribution in [1.29, 1.82) is 0 Å². The molecule has 0 aliphatic rings. The average Bonchev–Trinajstić information content (AvgIpc) is 3.16. The average molecular weight is 367 g/mol. The zero-order valence-corrected chi connectivity index (χ0v) is 15.6. The fraction of sp³-hybridized carbons (Fsp3) is 0.250. The van der Waals surface area contributed by atoms with Gasteiger partial charge in [0.05, 0.1) is 5.75 Å². The molecule has 3 rings (SSSR count). The van der Waals surface area contributed by atoms with Gasteiger partial charge in [0.1, 0.15) is 0 Å². The highest BCUT2D eigenvalue weighted by atomic mass is 32.2. The largest absolute Gasteiger partial charge is 0.411 e. The fourth-order valence-electron chi connectivity index (χ4n) is 2.42. The molecule has 0 radical (unpaired) electrons. The Morgan fingerprint density at radius 3 is 2.54 bits per heavy atom. The van der Waals surface area contributed by atoms with Crippen LogP contribution in [0, 0.1) is 0 Å². The number of thioether (sulfide) groups is 1. The third-order valence-corrected chi connectivity index (χ3v) is 4.95. The first-order chi connectivity index (χ1) is 12.7. The highest BCUT2D eigenvalue weighted by Gasteiger charge is 2.11. The fourth-order valence-corrected chi connectivity index (χ4v) is 2.98. The normalized spacial score (nSPS) is 11.9. The van der Waals surface area contributed by atoms with E-state index in [-0.39, 0.29) is 11.7 Å². The Labute approximate surface area is 157 Å². The van der Waals surface area contributed by atoms with Crippen molar-refractivity contribution < 1.29 is 9.21 Å². The second kappa shape index (κ2) is 8.67. The molecule has 3 aromatic rings. The molecule has 6 heteroatoms. The molecule has 2 aromatic carbocycles. The molecular formula is C20H21N3O2S. The number of benzene rings is 2. The Balaban J connectivity index is 1.52. The number of amides is 1. The van der Waals surface area contributed by atoms with Crippen molar-refractivity contribution in [3.8, 4) is 11.5 Å². The maximum atomic E-state index is 12.1. The van der Waals surface area contributed by atoms with Crippen LogP contribution in [0.2, 0.25) is 0 Å². The van der Waals surface area contributed by atoms with Gasteiger partial charge in [-0.1, -0.05) is 55.9 Å². The van der Waals surface area contributed by atoms with Crippen LogP contribution in [0.25, 0.3) is 11.5 Å². The zero-order valence-electron chi connectivity index (χ0n) is 14.8. The second-order valence-electron chi connectivity index (χ2n) is 6.01. The molecule has 1 aromatic heterocycles. The summed E-state index contributed by atoms with van der Waals surface area (Å²) in [4.78, 5) is 12.1. The number of carbonyl (C=O) groups is 1. The Kier molecular flexibility index (Phi) is 6.07. The molecule has 1 atom stereocenters. The molecular weight excluding hydrogens is 346 g/mol. The summed E-state index contributed by atoms with van der Waals surface area (Å²) < 4.78 is 5.59. The van der Waals surface area contributed by atoms with Crippen LogP contribution in [0.15, 0.2) is 64.2 Å². The number of nitrogens with one attached hydrogen (secondary N) is 1. The molecule has 0 saturated heterocycles. The van der Waals surface area contributed by atoms with Crippen molar-refractivity contribution in [2.45, 2.75) is 31.4 Å². The van der Waals surface area contributed by atoms with Crippen molar-refractivity contribution >= 4 is 23.4 Å². The minimum atomic E-state index is -0.106. The van der Waals surface area contributed by atoms with Crippen molar-refractivity contribution in [1.82, 2.24) is 10.2 Å². The molecule has 1 heterocycles. The van der Waals surface area contributed by atoms with E-state index in [1.54, 1.807) is 0 Å². The van der Waals surface area contributed by atoms with Gasteiger partial charge in [-0.3, -0.25) is 4.79 Å². The molecule has 0 aliphatic carbocycles. The van der Waals surface area contributed by atoms with E-state index in [9.17, 15) is 4.79 Å². The predicted octanol–water partition coefficient (Wildman–Crippen LogP) is 4.98. The Bertz CT molecular complexity index is 847. The highest BCUT2D eigenvalue weighted by molar-refractivity contribution is 7.99. The van der Waals surface area contributed by atoms with E-state index >= 15 is 0 Å². The van der Waals surface area contributed by atoms with Gasteiger partial charge in [0, 0.05) is 11.3 Å². The first kappa shape index (κ1) is 18.2. The van der Waals surface area contributed by atoms with Gasteiger partial charge in [0.2, 0.25) is 11.8 Å². The molecule has 0 saturated carbocycles. The lowest BCUT2D eigenvalue weighted by atomic mass is 9.99. The van der Waals surface area contributed by atoms with E-state index in [0.717, 1.165) is 17.7 Å². The SMILES string of the molecule is CCC(C)c1ccc(NC(=O)CSc2nnc(-c3ccccc3)o2)cc1. The molecule has 5 nitrogen and oxygen atoms in total. The molecule has 0 bridgehead atoms. The summed E-state index contributed by atoms with van der Waals surface area (Å²) in [5.41, 5.74) is 2.93. The van der Waals surface area contributed by atoms with E-state index in [1.807, 2.05) is 42.5 Å². The van der Waals surface area contributed by atoms with E-state index in [2.05, 4.69) is 41.5 Å². The maximum Gasteiger partial charge on any atom is 0.277 e. The van der Waals surface area contributed by atoms with E-state index in [4.69, 9.17) is 4.42 Å². The lowest BCUT2D eigenvalue weighted by Crippen LogP contribution is -2.14. The molecule has 1 unspecified atom stereocenters. The third-order valence-electron chi connectivity index (χ3n) is 4.13. The van der Waals surface area contributed by atoms with Gasteiger partial charge in [0.25, 0.3) is 5.22 Å². The summed E-state index contributed by atoms with van der Waals surface area (Å²) >= 11 is 1.22. The van der Waals surface area contributed by atoms with Crippen LogP contribution < -0.4 is 5.32 Å². The number of aromatic nitrogens is 2. The van der Waals surface area contributed by atoms with Crippen molar-refractivity contribution in [3.63, 3.8) is 0 Å². The summed E-state index contributed by atoms with van der Waals surface area (Å²) in [6, 6.07) is 17.5. The molecule has 26 heavy (non-hydrogen) atoms. The standard InChI is InChI=1S/C20H21N3O2S/c1-3-14(2)15-9-11-17(12-10-15)21-18(24)13-26-20-23-22-19(25-20)16-7-5-4-6-8-16/h4-12,14H,3,13H2,1-2H3,(H,21,24). The van der Waals surface area contributed by atoms with E-state index in [0.29, 0.717) is 17.0 Å². The lowest BCUT2D eigenvalue weighted by Gasteiger charge is -2.10. The number of hydrogen-bond donors (Lipinski definition) is 1. The molecule has 1 N–H and O–H groups in total. The smallest absolute Gasteiger partial charge is 0.277 e. The van der Waals surface area contributed by atoms with Crippen LogP contribution in [0.4, 0.5) is 5.69 Å². The van der Waals surface area contributed by atoms with Gasteiger partial charge >= 0.3 is 0 Å². The minimum Gasteiger partial charge on any atom is -0.411 e. The summed E-state index contributed by atoms with van der Waals surface area (Å²) in [6.07, 6.45) is 1.09. The molecule has 0 aliphatic heterocycles. The lowest BCUT2D eigenvalue weighted by molar-refractivity contribution is -0.113. The van der Waals surface area contributed by atoms with Crippen LogP contribution >= 0.6 is 11.8 Å². The third kappa shape index (κ3) is 4.73. The quantitative estimate of drug-likeness (QED) is 0.596. The number of rotatable bonds is 7. The van der Waals surface area contributed by atoms with Crippen LogP contribution in [0.1, 0.15) is 31.7 Å². The number of hydrogen-bond acceptors (Lipinski definition) is 5. The van der Waals surface area contributed by atoms with Crippen molar-refractivity contribution in [2.75, 3.05) is 11.1 Å². The topological polar surface area (TPSA) is 68.0 Å². The van der Waals surface area contributed by atoms with Crippen LogP contribution in [0.5, 0.6) is 0 Å². The summed E-state index contributed by atoms with van der Waals surface area (Å²) in [5.74, 6) is 1.08. The van der Waals surface area contributed by atoms with Crippen LogP contribution in [0.3, 0.4) is 0 Å².